The Morgan fingerprint density at radius 3 is 3.03 bits per heavy atom. The van der Waals surface area contributed by atoms with Gasteiger partial charge in [0.15, 0.2) is 0 Å². The number of carbonyl (C=O) groups is 2. The number of anilines is 1. The lowest BCUT2D eigenvalue weighted by molar-refractivity contribution is -0.145. The maximum Gasteiger partial charge on any atom is 0.308 e. The lowest BCUT2D eigenvalue weighted by Crippen LogP contribution is -2.33. The number of hydrogen-bond acceptors (Lipinski definition) is 5. The quantitative estimate of drug-likeness (QED) is 0.568. The van der Waals surface area contributed by atoms with E-state index in [2.05, 4.69) is 17.4 Å². The lowest BCUT2D eigenvalue weighted by atomic mass is 9.98. The van der Waals surface area contributed by atoms with Gasteiger partial charge in [-0.3, -0.25) is 9.59 Å². The van der Waals surface area contributed by atoms with Crippen LogP contribution in [0.2, 0.25) is 0 Å². The third-order valence-electron chi connectivity index (χ3n) is 6.56. The molecular formula is C26H32FN3O3. The fourth-order valence-corrected chi connectivity index (χ4v) is 4.88. The molecule has 2 atom stereocenters. The molecule has 0 spiro atoms. The molecule has 0 aliphatic carbocycles. The minimum absolute atomic E-state index is 0.0296. The van der Waals surface area contributed by atoms with E-state index in [4.69, 9.17) is 9.72 Å². The average molecular weight is 454 g/mol. The van der Waals surface area contributed by atoms with E-state index in [1.165, 1.54) is 17.7 Å². The molecular weight excluding hydrogens is 421 g/mol. The Bertz CT molecular complexity index is 996. The number of aromatic nitrogens is 1. The fraction of sp³-hybridized carbons (Fsp3) is 0.500. The predicted octanol–water partition coefficient (Wildman–Crippen LogP) is 4.44. The van der Waals surface area contributed by atoms with E-state index in [1.54, 1.807) is 24.0 Å². The average Bonchev–Trinajstić information content (AvgIpc) is 3.17. The van der Waals surface area contributed by atoms with Gasteiger partial charge in [0.05, 0.1) is 19.1 Å². The molecule has 1 N–H and O–H groups in total. The second-order valence-electron chi connectivity index (χ2n) is 8.83. The molecule has 176 valence electrons. The van der Waals surface area contributed by atoms with E-state index in [1.807, 2.05) is 0 Å². The van der Waals surface area contributed by atoms with Crippen LogP contribution in [-0.4, -0.2) is 41.5 Å². The number of esters is 1. The lowest BCUT2D eigenvalue weighted by Gasteiger charge is -2.28. The number of benzene rings is 1. The summed E-state index contributed by atoms with van der Waals surface area (Å²) in [7, 11) is 0. The van der Waals surface area contributed by atoms with Crippen molar-refractivity contribution in [3.05, 3.63) is 59.0 Å². The van der Waals surface area contributed by atoms with Gasteiger partial charge in [0.2, 0.25) is 5.91 Å². The molecule has 1 aromatic carbocycles. The number of rotatable bonds is 9. The van der Waals surface area contributed by atoms with Gasteiger partial charge in [0, 0.05) is 24.7 Å². The van der Waals surface area contributed by atoms with E-state index in [0.717, 1.165) is 56.6 Å². The fourth-order valence-electron chi connectivity index (χ4n) is 4.88. The summed E-state index contributed by atoms with van der Waals surface area (Å²) in [6.07, 6.45) is 5.46. The second kappa shape index (κ2) is 10.8. The third kappa shape index (κ3) is 5.70. The van der Waals surface area contributed by atoms with Gasteiger partial charge in [0.25, 0.3) is 0 Å². The molecule has 4 rings (SSSR count). The smallest absolute Gasteiger partial charge is 0.308 e. The van der Waals surface area contributed by atoms with E-state index in [-0.39, 0.29) is 36.6 Å². The van der Waals surface area contributed by atoms with Gasteiger partial charge in [-0.25, -0.2) is 9.37 Å². The molecule has 2 aliphatic heterocycles. The zero-order valence-electron chi connectivity index (χ0n) is 19.2. The number of nitrogens with zero attached hydrogens (tertiary/aromatic N) is 2. The van der Waals surface area contributed by atoms with Gasteiger partial charge < -0.3 is 15.0 Å². The van der Waals surface area contributed by atoms with E-state index in [9.17, 15) is 14.0 Å². The molecule has 1 fully saturated rings. The Balaban J connectivity index is 1.38. The van der Waals surface area contributed by atoms with Crippen molar-refractivity contribution in [3.8, 4) is 0 Å². The summed E-state index contributed by atoms with van der Waals surface area (Å²) in [6.45, 7) is 3.55. The summed E-state index contributed by atoms with van der Waals surface area (Å²) >= 11 is 0. The molecule has 1 aromatic heterocycles. The van der Waals surface area contributed by atoms with Gasteiger partial charge >= 0.3 is 5.97 Å². The van der Waals surface area contributed by atoms with Gasteiger partial charge in [-0.2, -0.15) is 0 Å². The van der Waals surface area contributed by atoms with Gasteiger partial charge in [-0.15, -0.1) is 0 Å². The number of fused-ring (bicyclic) bond motifs is 1. The summed E-state index contributed by atoms with van der Waals surface area (Å²) < 4.78 is 19.0. The van der Waals surface area contributed by atoms with Crippen molar-refractivity contribution in [3.63, 3.8) is 0 Å². The predicted molar refractivity (Wildman–Crippen MR) is 124 cm³/mol. The largest absolute Gasteiger partial charge is 0.466 e. The summed E-state index contributed by atoms with van der Waals surface area (Å²) in [5.41, 5.74) is 2.95. The molecule has 3 heterocycles. The zero-order chi connectivity index (χ0) is 23.2. The summed E-state index contributed by atoms with van der Waals surface area (Å²) in [4.78, 5) is 31.9. The van der Waals surface area contributed by atoms with Crippen LogP contribution in [0.5, 0.6) is 0 Å². The van der Waals surface area contributed by atoms with Gasteiger partial charge in [-0.1, -0.05) is 18.2 Å². The maximum absolute atomic E-state index is 13.9. The van der Waals surface area contributed by atoms with E-state index in [0.29, 0.717) is 12.1 Å². The Labute approximate surface area is 194 Å². The molecule has 2 aliphatic rings. The van der Waals surface area contributed by atoms with E-state index >= 15 is 0 Å². The molecule has 6 nitrogen and oxygen atoms in total. The standard InChI is InChI=1S/C26H32FN3O3/c1-2-33-24(31)17-23(20-7-3-9-21(27)16-20)30-15-13-19(26(30)32)6-4-10-22-12-11-18-8-5-14-28-25(18)29-22/h3,7,9,11-12,16,19,23H,2,4-6,8,10,13-15,17H2,1H3,(H,28,29). The normalized spacial score (nSPS) is 18.5. The molecule has 33 heavy (non-hydrogen) atoms. The van der Waals surface area contributed by atoms with Crippen molar-refractivity contribution in [2.24, 2.45) is 5.92 Å². The summed E-state index contributed by atoms with van der Waals surface area (Å²) in [6, 6.07) is 9.89. The molecule has 2 unspecified atom stereocenters. The van der Waals surface area contributed by atoms with Crippen LogP contribution in [0.3, 0.4) is 0 Å². The van der Waals surface area contributed by atoms with Crippen LogP contribution >= 0.6 is 0 Å². The molecule has 0 radical (unpaired) electrons. The second-order valence-corrected chi connectivity index (χ2v) is 8.83. The number of likely N-dealkylation sites (tertiary alicyclic amines) is 1. The number of amides is 1. The molecule has 1 amide bonds. The van der Waals surface area contributed by atoms with Crippen molar-refractivity contribution in [2.45, 2.75) is 57.9 Å². The number of hydrogen-bond donors (Lipinski definition) is 1. The highest BCUT2D eigenvalue weighted by molar-refractivity contribution is 5.82. The monoisotopic (exact) mass is 453 g/mol. The van der Waals surface area contributed by atoms with Gasteiger partial charge in [0.1, 0.15) is 11.6 Å². The zero-order valence-corrected chi connectivity index (χ0v) is 19.2. The number of aryl methyl sites for hydroxylation is 2. The minimum atomic E-state index is -0.509. The molecule has 7 heteroatoms. The first-order valence-electron chi connectivity index (χ1n) is 12.0. The molecule has 0 saturated carbocycles. The maximum atomic E-state index is 13.9. The first kappa shape index (κ1) is 23.2. The van der Waals surface area contributed by atoms with Crippen molar-refractivity contribution in [1.29, 1.82) is 0 Å². The minimum Gasteiger partial charge on any atom is -0.466 e. The Hall–Kier alpha value is -2.96. The van der Waals surface area contributed by atoms with Crippen LogP contribution in [0, 0.1) is 11.7 Å². The highest BCUT2D eigenvalue weighted by Crippen LogP contribution is 2.34. The number of ether oxygens (including phenoxy) is 1. The Morgan fingerprint density at radius 2 is 2.21 bits per heavy atom. The Morgan fingerprint density at radius 1 is 1.33 bits per heavy atom. The van der Waals surface area contributed by atoms with Crippen LogP contribution in [0.4, 0.5) is 10.2 Å². The van der Waals surface area contributed by atoms with Crippen molar-refractivity contribution >= 4 is 17.7 Å². The highest BCUT2D eigenvalue weighted by Gasteiger charge is 2.37. The SMILES string of the molecule is CCOC(=O)CC(c1cccc(F)c1)N1CCC(CCCc2ccc3c(n2)NCCC3)C1=O. The third-order valence-corrected chi connectivity index (χ3v) is 6.56. The number of nitrogens with one attached hydrogen (secondary N) is 1. The molecule has 0 bridgehead atoms. The summed E-state index contributed by atoms with van der Waals surface area (Å²) in [5.74, 6) is 0.193. The number of pyridine rings is 1. The molecule has 2 aromatic rings. The van der Waals surface area contributed by atoms with Crippen LogP contribution in [0.15, 0.2) is 36.4 Å². The van der Waals surface area contributed by atoms with E-state index < -0.39 is 6.04 Å². The van der Waals surface area contributed by atoms with Crippen LogP contribution in [0.25, 0.3) is 0 Å². The van der Waals surface area contributed by atoms with Crippen LogP contribution in [0.1, 0.15) is 61.9 Å². The Kier molecular flexibility index (Phi) is 7.57. The first-order valence-corrected chi connectivity index (χ1v) is 12.0. The van der Waals surface area contributed by atoms with Crippen LogP contribution < -0.4 is 5.32 Å². The highest BCUT2D eigenvalue weighted by atomic mass is 19.1. The van der Waals surface area contributed by atoms with Crippen LogP contribution in [-0.2, 0) is 27.2 Å². The molecule has 1 saturated heterocycles. The van der Waals surface area contributed by atoms with Crippen molar-refractivity contribution in [2.75, 3.05) is 25.0 Å². The topological polar surface area (TPSA) is 71.5 Å². The van der Waals surface area contributed by atoms with Crippen molar-refractivity contribution < 1.29 is 18.7 Å². The van der Waals surface area contributed by atoms with Gasteiger partial charge in [-0.05, 0) is 74.8 Å². The number of carbonyl (C=O) groups excluding carboxylic acids is 2. The summed E-state index contributed by atoms with van der Waals surface area (Å²) in [5, 5.41) is 3.37. The first-order chi connectivity index (χ1) is 16.0. The van der Waals surface area contributed by atoms with Crippen molar-refractivity contribution in [1.82, 2.24) is 9.88 Å². The number of halogens is 1.